The number of benzene rings is 1. The Morgan fingerprint density at radius 1 is 0.946 bits per heavy atom. The van der Waals surface area contributed by atoms with Gasteiger partial charge in [-0.25, -0.2) is 0 Å². The molecule has 6 heteroatoms. The monoisotopic (exact) mass is 507 g/mol. The maximum Gasteiger partial charge on any atom is 0.253 e. The Hall–Kier alpha value is -2.60. The Labute approximate surface area is 222 Å². The van der Waals surface area contributed by atoms with E-state index >= 15 is 0 Å². The van der Waals surface area contributed by atoms with E-state index in [1.165, 1.54) is 32.1 Å². The first kappa shape index (κ1) is 27.4. The number of hydrogen-bond donors (Lipinski definition) is 2. The fourth-order valence-electron chi connectivity index (χ4n) is 5.31. The first-order valence-electron chi connectivity index (χ1n) is 13.9. The quantitative estimate of drug-likeness (QED) is 0.504. The minimum atomic E-state index is -0.330. The number of ether oxygens (including phenoxy) is 1. The lowest BCUT2D eigenvalue weighted by molar-refractivity contribution is -0.00347. The molecule has 2 amide bonds. The summed E-state index contributed by atoms with van der Waals surface area (Å²) in [5.74, 6) is 0.473. The highest BCUT2D eigenvalue weighted by atomic mass is 16.5. The number of carbonyl (C=O) groups excluding carboxylic acids is 2. The second-order valence-electron chi connectivity index (χ2n) is 13.1. The summed E-state index contributed by atoms with van der Waals surface area (Å²) in [4.78, 5) is 26.5. The van der Waals surface area contributed by atoms with Crippen molar-refractivity contribution in [2.75, 3.05) is 13.2 Å². The number of nitrogens with one attached hydrogen (secondary N) is 2. The van der Waals surface area contributed by atoms with Crippen LogP contribution in [0.5, 0.6) is 0 Å². The highest BCUT2D eigenvalue weighted by Crippen LogP contribution is 2.34. The van der Waals surface area contributed by atoms with Gasteiger partial charge in [-0.1, -0.05) is 40.0 Å². The first-order valence-corrected chi connectivity index (χ1v) is 13.9. The summed E-state index contributed by atoms with van der Waals surface area (Å²) in [6, 6.07) is 8.30. The van der Waals surface area contributed by atoms with Crippen molar-refractivity contribution in [1.82, 2.24) is 15.2 Å². The zero-order valence-electron chi connectivity index (χ0n) is 23.8. The Morgan fingerprint density at radius 3 is 2.19 bits per heavy atom. The molecule has 0 radical (unpaired) electrons. The van der Waals surface area contributed by atoms with E-state index < -0.39 is 0 Å². The molecule has 1 saturated heterocycles. The standard InChI is InChI=1S/C31H45N3O3/c1-20-26(29(36)32-25-18-37-19-25)16-27(34(20)17-21-11-9-8-10-12-21)22-13-23(28(35)33-31(5,6)7)15-24(14-22)30(2,3)4/h13-16,21,25H,8-12,17-19H2,1-7H3,(H,32,36)(H,33,35). The molecule has 0 spiro atoms. The lowest BCUT2D eigenvalue weighted by atomic mass is 9.84. The van der Waals surface area contributed by atoms with Crippen LogP contribution in [0.1, 0.15) is 106 Å². The van der Waals surface area contributed by atoms with Gasteiger partial charge in [0.05, 0.1) is 24.8 Å². The van der Waals surface area contributed by atoms with E-state index in [9.17, 15) is 9.59 Å². The molecule has 6 nitrogen and oxygen atoms in total. The Bertz CT molecular complexity index is 1140. The lowest BCUT2D eigenvalue weighted by Crippen LogP contribution is -2.48. The van der Waals surface area contributed by atoms with Crippen molar-refractivity contribution in [3.05, 3.63) is 46.6 Å². The normalized spacial score (nSPS) is 17.4. The number of hydrogen-bond acceptors (Lipinski definition) is 3. The van der Waals surface area contributed by atoms with Crippen LogP contribution in [0, 0.1) is 12.8 Å². The van der Waals surface area contributed by atoms with Crippen LogP contribution < -0.4 is 10.6 Å². The summed E-state index contributed by atoms with van der Waals surface area (Å²) in [5, 5.41) is 6.24. The summed E-state index contributed by atoms with van der Waals surface area (Å²) < 4.78 is 7.59. The van der Waals surface area contributed by atoms with Crippen molar-refractivity contribution in [3.63, 3.8) is 0 Å². The molecule has 1 aliphatic carbocycles. The molecule has 1 saturated carbocycles. The second kappa shape index (κ2) is 10.6. The van der Waals surface area contributed by atoms with E-state index in [1.54, 1.807) is 0 Å². The van der Waals surface area contributed by atoms with E-state index in [2.05, 4.69) is 49.0 Å². The van der Waals surface area contributed by atoms with E-state index in [0.717, 1.165) is 29.1 Å². The highest BCUT2D eigenvalue weighted by molar-refractivity contribution is 5.98. The first-order chi connectivity index (χ1) is 17.3. The molecule has 37 heavy (non-hydrogen) atoms. The summed E-state index contributed by atoms with van der Waals surface area (Å²) in [6.45, 7) is 16.6. The van der Waals surface area contributed by atoms with Crippen molar-refractivity contribution < 1.29 is 14.3 Å². The van der Waals surface area contributed by atoms with E-state index in [0.29, 0.717) is 30.3 Å². The largest absolute Gasteiger partial charge is 0.377 e. The minimum Gasteiger partial charge on any atom is -0.377 e. The van der Waals surface area contributed by atoms with Crippen LogP contribution in [-0.2, 0) is 16.7 Å². The third kappa shape index (κ3) is 6.64. The number of amides is 2. The summed E-state index contributed by atoms with van der Waals surface area (Å²) >= 11 is 0. The van der Waals surface area contributed by atoms with Crippen LogP contribution in [0.4, 0.5) is 0 Å². The van der Waals surface area contributed by atoms with E-state index in [1.807, 2.05) is 39.0 Å². The Balaban J connectivity index is 1.80. The van der Waals surface area contributed by atoms with Crippen LogP contribution in [0.2, 0.25) is 0 Å². The fraction of sp³-hybridized carbons (Fsp3) is 0.613. The zero-order chi connectivity index (χ0) is 27.0. The van der Waals surface area contributed by atoms with Gasteiger partial charge >= 0.3 is 0 Å². The van der Waals surface area contributed by atoms with Crippen molar-refractivity contribution in [1.29, 1.82) is 0 Å². The van der Waals surface area contributed by atoms with E-state index in [4.69, 9.17) is 4.74 Å². The molecular formula is C31H45N3O3. The minimum absolute atomic E-state index is 0.0490. The van der Waals surface area contributed by atoms with Crippen LogP contribution >= 0.6 is 0 Å². The molecule has 2 N–H and O–H groups in total. The molecule has 0 atom stereocenters. The van der Waals surface area contributed by atoms with Gasteiger partial charge in [0.2, 0.25) is 0 Å². The second-order valence-corrected chi connectivity index (χ2v) is 13.1. The zero-order valence-corrected chi connectivity index (χ0v) is 23.8. The average Bonchev–Trinajstić information content (AvgIpc) is 3.11. The van der Waals surface area contributed by atoms with Gasteiger partial charge in [0.1, 0.15) is 0 Å². The topological polar surface area (TPSA) is 72.4 Å². The third-order valence-electron chi connectivity index (χ3n) is 7.60. The number of aromatic nitrogens is 1. The van der Waals surface area contributed by atoms with Crippen LogP contribution in [0.3, 0.4) is 0 Å². The van der Waals surface area contributed by atoms with Gasteiger partial charge in [-0.2, -0.15) is 0 Å². The highest BCUT2D eigenvalue weighted by Gasteiger charge is 2.27. The van der Waals surface area contributed by atoms with Crippen LogP contribution in [-0.4, -0.2) is 41.2 Å². The van der Waals surface area contributed by atoms with Crippen LogP contribution in [0.25, 0.3) is 11.3 Å². The van der Waals surface area contributed by atoms with Crippen molar-refractivity contribution in [2.45, 2.75) is 104 Å². The van der Waals surface area contributed by atoms with Gasteiger partial charge in [-0.05, 0) is 87.3 Å². The molecule has 2 aliphatic rings. The summed E-state index contributed by atoms with van der Waals surface area (Å²) in [5.41, 5.74) is 4.98. The molecule has 4 rings (SSSR count). The molecule has 1 aromatic carbocycles. The Morgan fingerprint density at radius 2 is 1.62 bits per heavy atom. The Kier molecular flexibility index (Phi) is 7.89. The van der Waals surface area contributed by atoms with Gasteiger partial charge in [-0.15, -0.1) is 0 Å². The summed E-state index contributed by atoms with van der Waals surface area (Å²) in [6.07, 6.45) is 6.29. The smallest absolute Gasteiger partial charge is 0.253 e. The number of rotatable bonds is 6. The molecule has 2 fully saturated rings. The molecule has 0 unspecified atom stereocenters. The molecule has 1 aromatic heterocycles. The molecule has 2 heterocycles. The maximum atomic E-state index is 13.3. The van der Waals surface area contributed by atoms with Crippen molar-refractivity contribution >= 4 is 11.8 Å². The van der Waals surface area contributed by atoms with Gasteiger partial charge in [0.15, 0.2) is 0 Å². The van der Waals surface area contributed by atoms with Crippen molar-refractivity contribution in [2.24, 2.45) is 5.92 Å². The predicted octanol–water partition coefficient (Wildman–Crippen LogP) is 6.00. The van der Waals surface area contributed by atoms with Gasteiger partial charge in [0, 0.05) is 29.0 Å². The predicted molar refractivity (Wildman–Crippen MR) is 149 cm³/mol. The van der Waals surface area contributed by atoms with E-state index in [-0.39, 0.29) is 28.8 Å². The number of carbonyl (C=O) groups is 2. The average molecular weight is 508 g/mol. The van der Waals surface area contributed by atoms with Crippen LogP contribution in [0.15, 0.2) is 24.3 Å². The fourth-order valence-corrected chi connectivity index (χ4v) is 5.31. The molecule has 0 bridgehead atoms. The third-order valence-corrected chi connectivity index (χ3v) is 7.60. The molecule has 202 valence electrons. The van der Waals surface area contributed by atoms with Crippen molar-refractivity contribution in [3.8, 4) is 11.3 Å². The maximum absolute atomic E-state index is 13.3. The molecule has 2 aromatic rings. The van der Waals surface area contributed by atoms with Gasteiger partial charge in [0.25, 0.3) is 11.8 Å². The van der Waals surface area contributed by atoms with Gasteiger partial charge in [-0.3, -0.25) is 9.59 Å². The SMILES string of the molecule is Cc1c(C(=O)NC2COC2)cc(-c2cc(C(=O)NC(C)(C)C)cc(C(C)(C)C)c2)n1CC1CCCCC1. The summed E-state index contributed by atoms with van der Waals surface area (Å²) in [7, 11) is 0. The molecular weight excluding hydrogens is 462 g/mol. The lowest BCUT2D eigenvalue weighted by Gasteiger charge is -2.27. The molecule has 1 aliphatic heterocycles. The number of nitrogens with zero attached hydrogens (tertiary/aromatic N) is 1. The van der Waals surface area contributed by atoms with Gasteiger partial charge < -0.3 is 19.9 Å².